The molecular weight excluding hydrogens is 269 g/mol. The Bertz CT molecular complexity index is 780. The molecule has 0 saturated carbocycles. The number of fused-ring (bicyclic) bond motifs is 1. The number of benzene rings is 2. The van der Waals surface area contributed by atoms with Gasteiger partial charge in [-0.15, -0.1) is 0 Å². The van der Waals surface area contributed by atoms with Gasteiger partial charge in [-0.05, 0) is 31.2 Å². The van der Waals surface area contributed by atoms with E-state index in [-0.39, 0.29) is 18.2 Å². The summed E-state index contributed by atoms with van der Waals surface area (Å²) in [6.07, 6.45) is 1.91. The quantitative estimate of drug-likeness (QED) is 0.783. The Kier molecular flexibility index (Phi) is 3.52. The first-order valence-corrected chi connectivity index (χ1v) is 6.87. The monoisotopic (exact) mass is 285 g/mol. The zero-order chi connectivity index (χ0) is 14.8. The summed E-state index contributed by atoms with van der Waals surface area (Å²) in [7, 11) is 0. The molecule has 1 aromatic heterocycles. The van der Waals surface area contributed by atoms with E-state index in [0.717, 1.165) is 17.6 Å². The maximum atomic E-state index is 14.1. The highest BCUT2D eigenvalue weighted by atomic mass is 19.1. The van der Waals surface area contributed by atoms with Crippen molar-refractivity contribution in [3.8, 4) is 11.5 Å². The number of rotatable bonds is 4. The number of aromatic nitrogens is 1. The van der Waals surface area contributed by atoms with Crippen LogP contribution in [0.15, 0.2) is 48.7 Å². The highest BCUT2D eigenvalue weighted by Gasteiger charge is 2.12. The van der Waals surface area contributed by atoms with E-state index in [4.69, 9.17) is 4.74 Å². The molecule has 0 spiro atoms. The lowest BCUT2D eigenvalue weighted by atomic mass is 10.2. The van der Waals surface area contributed by atoms with Crippen LogP contribution in [0.4, 0.5) is 4.39 Å². The Morgan fingerprint density at radius 2 is 2.00 bits per heavy atom. The van der Waals surface area contributed by atoms with E-state index in [1.165, 1.54) is 12.1 Å². The van der Waals surface area contributed by atoms with Crippen molar-refractivity contribution < 1.29 is 14.2 Å². The molecule has 0 bridgehead atoms. The molecule has 0 unspecified atom stereocenters. The average Bonchev–Trinajstić information content (AvgIpc) is 2.85. The van der Waals surface area contributed by atoms with Crippen molar-refractivity contribution in [1.82, 2.24) is 4.57 Å². The fourth-order valence-corrected chi connectivity index (χ4v) is 2.50. The van der Waals surface area contributed by atoms with Gasteiger partial charge in [0.1, 0.15) is 23.9 Å². The lowest BCUT2D eigenvalue weighted by molar-refractivity contribution is 0.305. The van der Waals surface area contributed by atoms with Crippen LogP contribution in [-0.4, -0.2) is 9.67 Å². The Hall–Kier alpha value is -2.49. The van der Waals surface area contributed by atoms with Gasteiger partial charge in [-0.2, -0.15) is 0 Å². The molecule has 0 amide bonds. The molecular formula is C17H16FNO2. The number of aromatic hydroxyl groups is 1. The standard InChI is InChI=1S/C17H16FNO2/c1-2-19-10-12(17-15(18)7-4-8-16(17)19)11-21-14-6-3-5-13(20)9-14/h3-10,20H,2,11H2,1H3. The van der Waals surface area contributed by atoms with Crippen LogP contribution < -0.4 is 4.74 Å². The molecule has 1 heterocycles. The van der Waals surface area contributed by atoms with Gasteiger partial charge in [0.25, 0.3) is 0 Å². The highest BCUT2D eigenvalue weighted by Crippen LogP contribution is 2.26. The zero-order valence-electron chi connectivity index (χ0n) is 11.7. The molecule has 0 saturated heterocycles. The van der Waals surface area contributed by atoms with Gasteiger partial charge in [-0.3, -0.25) is 0 Å². The van der Waals surface area contributed by atoms with Gasteiger partial charge in [-0.25, -0.2) is 4.39 Å². The van der Waals surface area contributed by atoms with Crippen molar-refractivity contribution >= 4 is 10.9 Å². The summed E-state index contributed by atoms with van der Waals surface area (Å²) in [5.41, 5.74) is 1.67. The molecule has 1 N–H and O–H groups in total. The van der Waals surface area contributed by atoms with Crippen molar-refractivity contribution in [2.75, 3.05) is 0 Å². The summed E-state index contributed by atoms with van der Waals surface area (Å²) >= 11 is 0. The number of hydrogen-bond donors (Lipinski definition) is 1. The van der Waals surface area contributed by atoms with Crippen LogP contribution in [0, 0.1) is 5.82 Å². The third-order valence-electron chi connectivity index (χ3n) is 3.49. The molecule has 0 aliphatic heterocycles. The van der Waals surface area contributed by atoms with E-state index in [0.29, 0.717) is 11.1 Å². The number of ether oxygens (including phenoxy) is 1. The first-order valence-electron chi connectivity index (χ1n) is 6.87. The summed E-state index contributed by atoms with van der Waals surface area (Å²) < 4.78 is 21.7. The average molecular weight is 285 g/mol. The van der Waals surface area contributed by atoms with E-state index >= 15 is 0 Å². The minimum atomic E-state index is -0.241. The van der Waals surface area contributed by atoms with Gasteiger partial charge < -0.3 is 14.4 Å². The lowest BCUT2D eigenvalue weighted by Gasteiger charge is -2.05. The highest BCUT2D eigenvalue weighted by molar-refractivity contribution is 5.84. The topological polar surface area (TPSA) is 34.4 Å². The molecule has 4 heteroatoms. The van der Waals surface area contributed by atoms with E-state index in [9.17, 15) is 9.50 Å². The van der Waals surface area contributed by atoms with Gasteiger partial charge in [-0.1, -0.05) is 12.1 Å². The normalized spacial score (nSPS) is 11.0. The number of phenolic OH excluding ortho intramolecular Hbond substituents is 1. The van der Waals surface area contributed by atoms with Crippen molar-refractivity contribution in [2.24, 2.45) is 0 Å². The fourth-order valence-electron chi connectivity index (χ4n) is 2.50. The van der Waals surface area contributed by atoms with E-state index in [2.05, 4.69) is 0 Å². The van der Waals surface area contributed by atoms with Crippen molar-refractivity contribution in [3.05, 3.63) is 60.0 Å². The van der Waals surface area contributed by atoms with Crippen molar-refractivity contribution in [1.29, 1.82) is 0 Å². The second-order valence-electron chi connectivity index (χ2n) is 4.86. The molecule has 3 rings (SSSR count). The lowest BCUT2D eigenvalue weighted by Crippen LogP contribution is -1.95. The number of phenols is 1. The molecule has 21 heavy (non-hydrogen) atoms. The minimum absolute atomic E-state index is 0.148. The summed E-state index contributed by atoms with van der Waals surface area (Å²) in [6, 6.07) is 11.7. The molecule has 3 nitrogen and oxygen atoms in total. The number of aryl methyl sites for hydroxylation is 1. The van der Waals surface area contributed by atoms with Crippen LogP contribution in [0.2, 0.25) is 0 Å². The fraction of sp³-hybridized carbons (Fsp3) is 0.176. The van der Waals surface area contributed by atoms with E-state index < -0.39 is 0 Å². The smallest absolute Gasteiger partial charge is 0.132 e. The largest absolute Gasteiger partial charge is 0.508 e. The second kappa shape index (κ2) is 5.48. The number of nitrogens with zero attached hydrogens (tertiary/aromatic N) is 1. The number of halogens is 1. The molecule has 0 fully saturated rings. The van der Waals surface area contributed by atoms with E-state index in [1.807, 2.05) is 23.8 Å². The van der Waals surface area contributed by atoms with Crippen LogP contribution in [0.25, 0.3) is 10.9 Å². The van der Waals surface area contributed by atoms with Crippen molar-refractivity contribution in [2.45, 2.75) is 20.1 Å². The first-order chi connectivity index (χ1) is 10.2. The maximum Gasteiger partial charge on any atom is 0.132 e. The van der Waals surface area contributed by atoms with Gasteiger partial charge in [0.2, 0.25) is 0 Å². The Balaban J connectivity index is 1.94. The van der Waals surface area contributed by atoms with Gasteiger partial charge in [0.15, 0.2) is 0 Å². The minimum Gasteiger partial charge on any atom is -0.508 e. The Morgan fingerprint density at radius 1 is 1.19 bits per heavy atom. The van der Waals surface area contributed by atoms with Crippen molar-refractivity contribution in [3.63, 3.8) is 0 Å². The third kappa shape index (κ3) is 2.57. The second-order valence-corrected chi connectivity index (χ2v) is 4.86. The molecule has 0 aliphatic rings. The van der Waals surface area contributed by atoms with Crippen LogP contribution >= 0.6 is 0 Å². The summed E-state index contributed by atoms with van der Waals surface area (Å²) in [6.45, 7) is 3.05. The van der Waals surface area contributed by atoms with Gasteiger partial charge >= 0.3 is 0 Å². The third-order valence-corrected chi connectivity index (χ3v) is 3.49. The Labute approximate surface area is 122 Å². The first kappa shape index (κ1) is 13.5. The molecule has 108 valence electrons. The predicted molar refractivity (Wildman–Crippen MR) is 80.0 cm³/mol. The van der Waals surface area contributed by atoms with Crippen LogP contribution in [0.5, 0.6) is 11.5 Å². The predicted octanol–water partition coefficient (Wildman–Crippen LogP) is 4.08. The van der Waals surface area contributed by atoms with Gasteiger partial charge in [0, 0.05) is 29.8 Å². The Morgan fingerprint density at radius 3 is 2.76 bits per heavy atom. The SMILES string of the molecule is CCn1cc(COc2cccc(O)c2)c2c(F)cccc21. The summed E-state index contributed by atoms with van der Waals surface area (Å²) in [5, 5.41) is 10.0. The van der Waals surface area contributed by atoms with Crippen LogP contribution in [0.3, 0.4) is 0 Å². The van der Waals surface area contributed by atoms with E-state index in [1.54, 1.807) is 24.3 Å². The molecule has 0 radical (unpaired) electrons. The van der Waals surface area contributed by atoms with Gasteiger partial charge in [0.05, 0.1) is 5.52 Å². The summed E-state index contributed by atoms with van der Waals surface area (Å²) in [4.78, 5) is 0. The molecule has 0 atom stereocenters. The van der Waals surface area contributed by atoms with Crippen LogP contribution in [-0.2, 0) is 13.2 Å². The molecule has 3 aromatic rings. The zero-order valence-corrected chi connectivity index (χ0v) is 11.7. The maximum absolute atomic E-state index is 14.1. The molecule has 2 aromatic carbocycles. The summed E-state index contributed by atoms with van der Waals surface area (Å²) in [5.74, 6) is 0.465. The number of hydrogen-bond acceptors (Lipinski definition) is 2. The molecule has 0 aliphatic carbocycles. The van der Waals surface area contributed by atoms with Crippen LogP contribution in [0.1, 0.15) is 12.5 Å².